The number of sulfonamides is 1. The molecule has 0 saturated carbocycles. The molecule has 27 heavy (non-hydrogen) atoms. The number of hydrogen-bond acceptors (Lipinski definition) is 5. The van der Waals surface area contributed by atoms with Crippen LogP contribution in [0.3, 0.4) is 0 Å². The monoisotopic (exact) mass is 390 g/mol. The number of anilines is 1. The van der Waals surface area contributed by atoms with Crippen molar-refractivity contribution in [1.82, 2.24) is 4.72 Å². The van der Waals surface area contributed by atoms with Gasteiger partial charge in [0.15, 0.2) is 0 Å². The van der Waals surface area contributed by atoms with Gasteiger partial charge in [0.2, 0.25) is 10.0 Å². The fourth-order valence-corrected chi connectivity index (χ4v) is 3.82. The fraction of sp³-hybridized carbons (Fsp3) is 0.316. The van der Waals surface area contributed by atoms with E-state index in [9.17, 15) is 13.2 Å². The Morgan fingerprint density at radius 1 is 1.15 bits per heavy atom. The van der Waals surface area contributed by atoms with Crippen LogP contribution in [0.5, 0.6) is 5.75 Å². The van der Waals surface area contributed by atoms with Crippen LogP contribution in [0.25, 0.3) is 0 Å². The molecule has 1 amide bonds. The van der Waals surface area contributed by atoms with Crippen LogP contribution in [-0.4, -0.2) is 40.7 Å². The molecule has 0 aliphatic carbocycles. The highest BCUT2D eigenvalue weighted by atomic mass is 32.2. The Bertz CT molecular complexity index is 873. The predicted molar refractivity (Wildman–Crippen MR) is 102 cm³/mol. The Morgan fingerprint density at radius 3 is 2.44 bits per heavy atom. The predicted octanol–water partition coefficient (Wildman–Crippen LogP) is 2.40. The summed E-state index contributed by atoms with van der Waals surface area (Å²) in [6, 6.07) is 12.7. The SMILES string of the molecule is COc1ccc(NC(=O)c2ccc(S(=O)(=O)NC[C@@H]3CCCO3)cc2)cc1. The molecule has 1 fully saturated rings. The lowest BCUT2D eigenvalue weighted by molar-refractivity contribution is 0.102. The molecular formula is C19H22N2O5S. The molecule has 144 valence electrons. The third-order valence-electron chi connectivity index (χ3n) is 4.30. The van der Waals surface area contributed by atoms with Gasteiger partial charge in [0.05, 0.1) is 18.1 Å². The molecule has 2 aromatic rings. The van der Waals surface area contributed by atoms with Gasteiger partial charge in [0.25, 0.3) is 5.91 Å². The third kappa shape index (κ3) is 5.06. The number of rotatable bonds is 7. The number of carbonyl (C=O) groups is 1. The Balaban J connectivity index is 1.61. The first-order chi connectivity index (χ1) is 13.0. The Kier molecular flexibility index (Phi) is 6.10. The highest BCUT2D eigenvalue weighted by Gasteiger charge is 2.20. The van der Waals surface area contributed by atoms with E-state index in [2.05, 4.69) is 10.0 Å². The van der Waals surface area contributed by atoms with E-state index in [4.69, 9.17) is 9.47 Å². The van der Waals surface area contributed by atoms with Crippen LogP contribution < -0.4 is 14.8 Å². The van der Waals surface area contributed by atoms with E-state index in [1.165, 1.54) is 24.3 Å². The van der Waals surface area contributed by atoms with Gasteiger partial charge in [-0.05, 0) is 61.4 Å². The summed E-state index contributed by atoms with van der Waals surface area (Å²) in [6.07, 6.45) is 1.73. The van der Waals surface area contributed by atoms with Gasteiger partial charge in [-0.2, -0.15) is 0 Å². The van der Waals surface area contributed by atoms with Crippen molar-refractivity contribution in [2.75, 3.05) is 25.6 Å². The summed E-state index contributed by atoms with van der Waals surface area (Å²) >= 11 is 0. The van der Waals surface area contributed by atoms with E-state index in [-0.39, 0.29) is 23.5 Å². The lowest BCUT2D eigenvalue weighted by atomic mass is 10.2. The highest BCUT2D eigenvalue weighted by Crippen LogP contribution is 2.17. The normalized spacial score (nSPS) is 16.9. The first kappa shape index (κ1) is 19.3. The van der Waals surface area contributed by atoms with Crippen molar-refractivity contribution in [3.63, 3.8) is 0 Å². The lowest BCUT2D eigenvalue weighted by Crippen LogP contribution is -2.31. The second-order valence-electron chi connectivity index (χ2n) is 6.19. The molecule has 1 saturated heterocycles. The van der Waals surface area contributed by atoms with Crippen LogP contribution in [0.15, 0.2) is 53.4 Å². The van der Waals surface area contributed by atoms with Gasteiger partial charge in [0.1, 0.15) is 5.75 Å². The van der Waals surface area contributed by atoms with E-state index >= 15 is 0 Å². The van der Waals surface area contributed by atoms with Gasteiger partial charge in [-0.15, -0.1) is 0 Å². The quantitative estimate of drug-likeness (QED) is 0.757. The minimum Gasteiger partial charge on any atom is -0.497 e. The maximum Gasteiger partial charge on any atom is 0.255 e. The van der Waals surface area contributed by atoms with Crippen molar-refractivity contribution >= 4 is 21.6 Å². The Hall–Kier alpha value is -2.42. The molecule has 1 aliphatic rings. The van der Waals surface area contributed by atoms with Crippen molar-refractivity contribution in [3.05, 3.63) is 54.1 Å². The maximum atomic E-state index is 12.3. The second kappa shape index (κ2) is 8.51. The van der Waals surface area contributed by atoms with Crippen molar-refractivity contribution in [2.24, 2.45) is 0 Å². The van der Waals surface area contributed by atoms with E-state index in [0.29, 0.717) is 23.6 Å². The van der Waals surface area contributed by atoms with Gasteiger partial charge in [-0.3, -0.25) is 4.79 Å². The molecular weight excluding hydrogens is 368 g/mol. The van der Waals surface area contributed by atoms with E-state index < -0.39 is 10.0 Å². The molecule has 8 heteroatoms. The molecule has 1 atom stereocenters. The number of ether oxygens (including phenoxy) is 2. The smallest absolute Gasteiger partial charge is 0.255 e. The summed E-state index contributed by atoms with van der Waals surface area (Å²) in [5.41, 5.74) is 0.986. The fourth-order valence-electron chi connectivity index (χ4n) is 2.75. The van der Waals surface area contributed by atoms with Gasteiger partial charge in [-0.25, -0.2) is 13.1 Å². The Labute approximate surface area is 158 Å². The maximum absolute atomic E-state index is 12.3. The molecule has 2 N–H and O–H groups in total. The molecule has 0 radical (unpaired) electrons. The number of hydrogen-bond donors (Lipinski definition) is 2. The molecule has 0 spiro atoms. The average molecular weight is 390 g/mol. The van der Waals surface area contributed by atoms with Crippen LogP contribution in [0.1, 0.15) is 23.2 Å². The van der Waals surface area contributed by atoms with Gasteiger partial charge in [0, 0.05) is 24.4 Å². The molecule has 1 aliphatic heterocycles. The summed E-state index contributed by atoms with van der Waals surface area (Å²) in [4.78, 5) is 12.4. The summed E-state index contributed by atoms with van der Waals surface area (Å²) < 4.78 is 37.7. The van der Waals surface area contributed by atoms with Gasteiger partial charge < -0.3 is 14.8 Å². The zero-order chi connectivity index (χ0) is 19.3. The van der Waals surface area contributed by atoms with Crippen LogP contribution in [0.4, 0.5) is 5.69 Å². The van der Waals surface area contributed by atoms with Crippen molar-refractivity contribution in [2.45, 2.75) is 23.8 Å². The lowest BCUT2D eigenvalue weighted by Gasteiger charge is -2.12. The molecule has 0 bridgehead atoms. The molecule has 2 aromatic carbocycles. The number of nitrogens with one attached hydrogen (secondary N) is 2. The highest BCUT2D eigenvalue weighted by molar-refractivity contribution is 7.89. The standard InChI is InChI=1S/C19H22N2O5S/c1-25-16-8-6-15(7-9-16)21-19(22)14-4-10-18(11-5-14)27(23,24)20-13-17-3-2-12-26-17/h4-11,17,20H,2-3,12-13H2,1H3,(H,21,22)/t17-/m0/s1. The topological polar surface area (TPSA) is 93.7 Å². The van der Waals surface area contributed by atoms with Crippen LogP contribution in [0, 0.1) is 0 Å². The van der Waals surface area contributed by atoms with Crippen LogP contribution in [0.2, 0.25) is 0 Å². The van der Waals surface area contributed by atoms with Crippen molar-refractivity contribution in [3.8, 4) is 5.75 Å². The molecule has 3 rings (SSSR count). The molecule has 0 unspecified atom stereocenters. The molecule has 7 nitrogen and oxygen atoms in total. The summed E-state index contributed by atoms with van der Waals surface area (Å²) in [5.74, 6) is 0.370. The second-order valence-corrected chi connectivity index (χ2v) is 7.96. The Morgan fingerprint density at radius 2 is 1.85 bits per heavy atom. The summed E-state index contributed by atoms with van der Waals surface area (Å²) in [5, 5.41) is 2.75. The summed E-state index contributed by atoms with van der Waals surface area (Å²) in [6.45, 7) is 0.923. The first-order valence-corrected chi connectivity index (χ1v) is 10.1. The number of methoxy groups -OCH3 is 1. The largest absolute Gasteiger partial charge is 0.497 e. The van der Waals surface area contributed by atoms with E-state index in [1.807, 2.05) is 0 Å². The number of carbonyl (C=O) groups excluding carboxylic acids is 1. The first-order valence-electron chi connectivity index (χ1n) is 8.65. The van der Waals surface area contributed by atoms with Crippen molar-refractivity contribution < 1.29 is 22.7 Å². The summed E-state index contributed by atoms with van der Waals surface area (Å²) in [7, 11) is -2.06. The molecule has 1 heterocycles. The average Bonchev–Trinajstić information content (AvgIpc) is 3.21. The van der Waals surface area contributed by atoms with Crippen LogP contribution in [-0.2, 0) is 14.8 Å². The molecule has 0 aromatic heterocycles. The van der Waals surface area contributed by atoms with E-state index in [1.54, 1.807) is 31.4 Å². The van der Waals surface area contributed by atoms with Gasteiger partial charge in [-0.1, -0.05) is 0 Å². The van der Waals surface area contributed by atoms with E-state index in [0.717, 1.165) is 12.8 Å². The minimum absolute atomic E-state index is 0.0747. The zero-order valence-electron chi connectivity index (χ0n) is 15.0. The third-order valence-corrected chi connectivity index (χ3v) is 5.74. The number of amides is 1. The van der Waals surface area contributed by atoms with Crippen LogP contribution >= 0.6 is 0 Å². The number of benzene rings is 2. The van der Waals surface area contributed by atoms with Crippen molar-refractivity contribution in [1.29, 1.82) is 0 Å². The minimum atomic E-state index is -3.63. The zero-order valence-corrected chi connectivity index (χ0v) is 15.8. The van der Waals surface area contributed by atoms with Gasteiger partial charge >= 0.3 is 0 Å².